The summed E-state index contributed by atoms with van der Waals surface area (Å²) in [6.07, 6.45) is 2.29. The highest BCUT2D eigenvalue weighted by Gasteiger charge is 2.41. The molecule has 0 aromatic carbocycles. The van der Waals surface area contributed by atoms with Gasteiger partial charge in [0.15, 0.2) is 0 Å². The molecular formula is C13H26N2OS. The Hall–Kier alpha value is -0.640. The molecule has 0 aliphatic heterocycles. The Kier molecular flexibility index (Phi) is 6.68. The average Bonchev–Trinajstić information content (AvgIpc) is 2.27. The van der Waals surface area contributed by atoms with E-state index in [2.05, 4.69) is 6.92 Å². The minimum atomic E-state index is -0.658. The number of hydrogen-bond donors (Lipinski definition) is 1. The van der Waals surface area contributed by atoms with Crippen molar-refractivity contribution in [2.45, 2.75) is 59.9 Å². The van der Waals surface area contributed by atoms with Gasteiger partial charge in [0, 0.05) is 12.6 Å². The molecule has 0 saturated carbocycles. The van der Waals surface area contributed by atoms with Gasteiger partial charge in [-0.1, -0.05) is 33.0 Å². The predicted molar refractivity (Wildman–Crippen MR) is 76.9 cm³/mol. The zero-order valence-corrected chi connectivity index (χ0v) is 12.6. The number of hydrogen-bond acceptors (Lipinski definition) is 2. The molecule has 3 nitrogen and oxygen atoms in total. The SMILES string of the molecule is CCCN(C(=O)C(CC)(CC)C(N)=S)C(C)C. The van der Waals surface area contributed by atoms with E-state index in [1.54, 1.807) is 0 Å². The molecule has 0 bridgehead atoms. The molecule has 0 aromatic heterocycles. The van der Waals surface area contributed by atoms with Gasteiger partial charge in [0.2, 0.25) is 5.91 Å². The lowest BCUT2D eigenvalue weighted by Gasteiger charge is -2.37. The molecular weight excluding hydrogens is 232 g/mol. The molecule has 0 spiro atoms. The monoisotopic (exact) mass is 258 g/mol. The van der Waals surface area contributed by atoms with E-state index in [4.69, 9.17) is 18.0 Å². The first-order valence-corrected chi connectivity index (χ1v) is 6.89. The second kappa shape index (κ2) is 6.94. The van der Waals surface area contributed by atoms with Crippen LogP contribution in [0.2, 0.25) is 0 Å². The highest BCUT2D eigenvalue weighted by atomic mass is 32.1. The van der Waals surface area contributed by atoms with Gasteiger partial charge in [0.1, 0.15) is 0 Å². The van der Waals surface area contributed by atoms with Crippen molar-refractivity contribution in [3.05, 3.63) is 0 Å². The zero-order chi connectivity index (χ0) is 13.6. The lowest BCUT2D eigenvalue weighted by Crippen LogP contribution is -2.52. The van der Waals surface area contributed by atoms with Gasteiger partial charge in [0.25, 0.3) is 0 Å². The van der Waals surface area contributed by atoms with Crippen LogP contribution in [0.1, 0.15) is 53.9 Å². The fraction of sp³-hybridized carbons (Fsp3) is 0.846. The first-order valence-electron chi connectivity index (χ1n) is 6.48. The molecule has 0 fully saturated rings. The molecule has 0 heterocycles. The Bertz CT molecular complexity index is 273. The summed E-state index contributed by atoms with van der Waals surface area (Å²) in [5.74, 6) is 0.0897. The summed E-state index contributed by atoms with van der Waals surface area (Å²) in [6, 6.07) is 0.189. The van der Waals surface area contributed by atoms with Gasteiger partial charge >= 0.3 is 0 Å². The van der Waals surface area contributed by atoms with Crippen LogP contribution in [0, 0.1) is 5.41 Å². The Balaban J connectivity index is 5.24. The van der Waals surface area contributed by atoms with Crippen LogP contribution in [0.3, 0.4) is 0 Å². The number of nitrogens with zero attached hydrogens (tertiary/aromatic N) is 1. The highest BCUT2D eigenvalue weighted by molar-refractivity contribution is 7.80. The minimum Gasteiger partial charge on any atom is -0.392 e. The van der Waals surface area contributed by atoms with E-state index in [0.717, 1.165) is 13.0 Å². The lowest BCUT2D eigenvalue weighted by atomic mass is 9.80. The summed E-state index contributed by atoms with van der Waals surface area (Å²) in [4.78, 5) is 14.9. The van der Waals surface area contributed by atoms with Crippen LogP contribution < -0.4 is 5.73 Å². The summed E-state index contributed by atoms with van der Waals surface area (Å²) in [6.45, 7) is 10.9. The molecule has 0 unspecified atom stereocenters. The van der Waals surface area contributed by atoms with Gasteiger partial charge in [-0.3, -0.25) is 4.79 Å². The van der Waals surface area contributed by atoms with Crippen molar-refractivity contribution in [2.75, 3.05) is 6.54 Å². The number of nitrogens with two attached hydrogens (primary N) is 1. The third kappa shape index (κ3) is 3.41. The standard InChI is InChI=1S/C13H26N2OS/c1-6-9-15(10(4)5)12(16)13(7-2,8-3)11(14)17/h10H,6-9H2,1-5H3,(H2,14,17). The number of carbonyl (C=O) groups is 1. The maximum atomic E-state index is 12.7. The minimum absolute atomic E-state index is 0.0897. The maximum absolute atomic E-state index is 12.7. The van der Waals surface area contributed by atoms with E-state index in [-0.39, 0.29) is 11.9 Å². The van der Waals surface area contributed by atoms with Gasteiger partial charge in [-0.25, -0.2) is 0 Å². The van der Waals surface area contributed by atoms with Crippen molar-refractivity contribution in [3.8, 4) is 0 Å². The second-order valence-corrected chi connectivity index (χ2v) is 5.19. The van der Waals surface area contributed by atoms with Crippen LogP contribution in [0.15, 0.2) is 0 Å². The molecule has 17 heavy (non-hydrogen) atoms. The molecule has 2 N–H and O–H groups in total. The van der Waals surface area contributed by atoms with Crippen LogP contribution in [0.5, 0.6) is 0 Å². The summed E-state index contributed by atoms with van der Waals surface area (Å²) in [5.41, 5.74) is 5.15. The van der Waals surface area contributed by atoms with Crippen molar-refractivity contribution in [2.24, 2.45) is 11.1 Å². The Morgan fingerprint density at radius 1 is 1.29 bits per heavy atom. The van der Waals surface area contributed by atoms with E-state index in [1.165, 1.54) is 0 Å². The smallest absolute Gasteiger partial charge is 0.235 e. The molecule has 0 aliphatic rings. The summed E-state index contributed by atoms with van der Waals surface area (Å²) < 4.78 is 0. The van der Waals surface area contributed by atoms with Crippen molar-refractivity contribution in [3.63, 3.8) is 0 Å². The van der Waals surface area contributed by atoms with Gasteiger partial charge < -0.3 is 10.6 Å². The Morgan fingerprint density at radius 2 is 1.76 bits per heavy atom. The normalized spacial score (nSPS) is 11.6. The maximum Gasteiger partial charge on any atom is 0.235 e. The molecule has 0 aliphatic carbocycles. The molecule has 0 radical (unpaired) electrons. The molecule has 100 valence electrons. The summed E-state index contributed by atoms with van der Waals surface area (Å²) >= 11 is 5.12. The molecule has 0 aromatic rings. The molecule has 0 saturated heterocycles. The number of amides is 1. The third-order valence-electron chi connectivity index (χ3n) is 3.44. The van der Waals surface area contributed by atoms with Crippen molar-refractivity contribution in [1.82, 2.24) is 4.90 Å². The van der Waals surface area contributed by atoms with Crippen LogP contribution in [0.4, 0.5) is 0 Å². The van der Waals surface area contributed by atoms with E-state index in [1.807, 2.05) is 32.6 Å². The molecule has 4 heteroatoms. The predicted octanol–water partition coefficient (Wildman–Crippen LogP) is 2.73. The van der Waals surface area contributed by atoms with E-state index >= 15 is 0 Å². The van der Waals surface area contributed by atoms with Gasteiger partial charge in [-0.15, -0.1) is 0 Å². The Morgan fingerprint density at radius 3 is 2.00 bits per heavy atom. The molecule has 0 atom stereocenters. The van der Waals surface area contributed by atoms with Crippen molar-refractivity contribution in [1.29, 1.82) is 0 Å². The highest BCUT2D eigenvalue weighted by Crippen LogP contribution is 2.30. The average molecular weight is 258 g/mol. The molecule has 0 rings (SSSR count). The van der Waals surface area contributed by atoms with E-state index in [9.17, 15) is 4.79 Å². The lowest BCUT2D eigenvalue weighted by molar-refractivity contribution is -0.140. The first-order chi connectivity index (χ1) is 7.87. The topological polar surface area (TPSA) is 46.3 Å². The fourth-order valence-corrected chi connectivity index (χ4v) is 2.49. The van der Waals surface area contributed by atoms with Crippen LogP contribution in [-0.2, 0) is 4.79 Å². The zero-order valence-electron chi connectivity index (χ0n) is 11.7. The third-order valence-corrected chi connectivity index (χ3v) is 3.83. The quantitative estimate of drug-likeness (QED) is 0.714. The van der Waals surface area contributed by atoms with E-state index in [0.29, 0.717) is 17.8 Å². The van der Waals surface area contributed by atoms with Gasteiger partial charge in [-0.2, -0.15) is 0 Å². The Labute approximate surface area is 111 Å². The fourth-order valence-electron chi connectivity index (χ4n) is 2.12. The number of carbonyl (C=O) groups excluding carboxylic acids is 1. The first kappa shape index (κ1) is 16.4. The van der Waals surface area contributed by atoms with Gasteiger partial charge in [-0.05, 0) is 33.1 Å². The van der Waals surface area contributed by atoms with Crippen LogP contribution in [0.25, 0.3) is 0 Å². The van der Waals surface area contributed by atoms with Gasteiger partial charge in [0.05, 0.1) is 10.4 Å². The summed E-state index contributed by atoms with van der Waals surface area (Å²) in [7, 11) is 0. The molecule has 1 amide bonds. The second-order valence-electron chi connectivity index (χ2n) is 4.75. The van der Waals surface area contributed by atoms with Crippen LogP contribution in [-0.4, -0.2) is 28.4 Å². The largest absolute Gasteiger partial charge is 0.392 e. The number of rotatable bonds is 7. The van der Waals surface area contributed by atoms with Crippen molar-refractivity contribution >= 4 is 23.1 Å². The van der Waals surface area contributed by atoms with Crippen molar-refractivity contribution < 1.29 is 4.79 Å². The number of thiocarbonyl (C=S) groups is 1. The van der Waals surface area contributed by atoms with Crippen LogP contribution >= 0.6 is 12.2 Å². The summed E-state index contributed by atoms with van der Waals surface area (Å²) in [5, 5.41) is 0. The van der Waals surface area contributed by atoms with E-state index < -0.39 is 5.41 Å².